The van der Waals surface area contributed by atoms with Crippen LogP contribution < -0.4 is 20.7 Å². The maximum atomic E-state index is 12.6. The lowest BCUT2D eigenvalue weighted by Gasteiger charge is -2.30. The van der Waals surface area contributed by atoms with Gasteiger partial charge in [0.1, 0.15) is 0 Å². The first-order chi connectivity index (χ1) is 13.5. The average molecular weight is 423 g/mol. The number of rotatable bonds is 5. The van der Waals surface area contributed by atoms with Crippen molar-refractivity contribution in [2.24, 2.45) is 11.7 Å². The maximum absolute atomic E-state index is 12.6. The molecule has 0 bridgehead atoms. The zero-order chi connectivity index (χ0) is 21.2. The number of benzene rings is 1. The molecule has 7 nitrogen and oxygen atoms in total. The summed E-state index contributed by atoms with van der Waals surface area (Å²) in [6, 6.07) is 8.05. The van der Waals surface area contributed by atoms with Crippen LogP contribution in [0, 0.1) is 5.92 Å². The summed E-state index contributed by atoms with van der Waals surface area (Å²) >= 11 is 0. The highest BCUT2D eigenvalue weighted by Crippen LogP contribution is 2.28. The second-order valence-corrected chi connectivity index (χ2v) is 11.8. The average Bonchev–Trinajstić information content (AvgIpc) is 3.08. The van der Waals surface area contributed by atoms with Crippen molar-refractivity contribution >= 4 is 27.3 Å². The zero-order valence-electron chi connectivity index (χ0n) is 17.6. The molecule has 2 aliphatic rings. The van der Waals surface area contributed by atoms with Crippen LogP contribution in [-0.4, -0.2) is 44.2 Å². The number of hydrogen-bond acceptors (Lipinski definition) is 5. The number of sulfonamides is 1. The summed E-state index contributed by atoms with van der Waals surface area (Å²) in [6.07, 6.45) is 3.75. The zero-order valence-corrected chi connectivity index (χ0v) is 18.5. The Bertz CT molecular complexity index is 809. The Kier molecular flexibility index (Phi) is 6.55. The molecule has 8 heteroatoms. The summed E-state index contributed by atoms with van der Waals surface area (Å²) in [5.74, 6) is -0.0697. The third-order valence-electron chi connectivity index (χ3n) is 5.95. The first-order valence-corrected chi connectivity index (χ1v) is 12.0. The first kappa shape index (κ1) is 22.1. The van der Waals surface area contributed by atoms with Gasteiger partial charge in [0, 0.05) is 42.5 Å². The van der Waals surface area contributed by atoms with Crippen molar-refractivity contribution in [3.63, 3.8) is 0 Å². The molecule has 0 radical (unpaired) electrons. The molecule has 1 aromatic rings. The number of nitrogens with two attached hydrogens (primary N) is 1. The molecule has 162 valence electrons. The van der Waals surface area contributed by atoms with Gasteiger partial charge >= 0.3 is 0 Å². The lowest BCUT2D eigenvalue weighted by Crippen LogP contribution is -2.46. The summed E-state index contributed by atoms with van der Waals surface area (Å²) in [6.45, 7) is 6.91. The van der Waals surface area contributed by atoms with Crippen LogP contribution in [-0.2, 0) is 14.8 Å². The van der Waals surface area contributed by atoms with Crippen LogP contribution in [0.1, 0.15) is 52.9 Å². The van der Waals surface area contributed by atoms with Gasteiger partial charge in [0.05, 0.1) is 4.75 Å². The third kappa shape index (κ3) is 5.49. The number of carbonyl (C=O) groups is 1. The van der Waals surface area contributed by atoms with Gasteiger partial charge in [0.2, 0.25) is 15.9 Å². The van der Waals surface area contributed by atoms with Crippen LogP contribution in [0.3, 0.4) is 0 Å². The Hall–Kier alpha value is -1.64. The standard InChI is InChI=1S/C21H34N4O3S/c1-21(2,3)29(27,28)24-18-6-4-15(5-7-18)20(26)23-17-8-10-19(11-9-17)25-13-12-16(22)14-25/h8-11,15-16,18,24H,4-7,12-14,22H2,1-3H3,(H,23,26)/t15?,16-,18?/m0/s1. The van der Waals surface area contributed by atoms with Gasteiger partial charge in [-0.25, -0.2) is 13.1 Å². The van der Waals surface area contributed by atoms with Crippen molar-refractivity contribution in [3.8, 4) is 0 Å². The second-order valence-electron chi connectivity index (χ2n) is 9.31. The van der Waals surface area contributed by atoms with Crippen molar-refractivity contribution in [3.05, 3.63) is 24.3 Å². The molecule has 1 aliphatic carbocycles. The molecule has 0 aromatic heterocycles. The molecule has 1 amide bonds. The van der Waals surface area contributed by atoms with E-state index in [0.29, 0.717) is 25.7 Å². The molecule has 0 spiro atoms. The molecular formula is C21H34N4O3S. The lowest BCUT2D eigenvalue weighted by atomic mass is 9.86. The molecule has 3 rings (SSSR count). The van der Waals surface area contributed by atoms with Gasteiger partial charge in [-0.2, -0.15) is 0 Å². The predicted molar refractivity (Wildman–Crippen MR) is 117 cm³/mol. The molecule has 4 N–H and O–H groups in total. The number of amides is 1. The fourth-order valence-corrected chi connectivity index (χ4v) is 4.92. The van der Waals surface area contributed by atoms with Crippen molar-refractivity contribution in [2.45, 2.75) is 69.7 Å². The number of anilines is 2. The predicted octanol–water partition coefficient (Wildman–Crippen LogP) is 2.44. The smallest absolute Gasteiger partial charge is 0.227 e. The Morgan fingerprint density at radius 2 is 1.69 bits per heavy atom. The third-order valence-corrected chi connectivity index (χ3v) is 8.21. The van der Waals surface area contributed by atoms with Crippen molar-refractivity contribution in [1.29, 1.82) is 0 Å². The minimum Gasteiger partial charge on any atom is -0.370 e. The van der Waals surface area contributed by atoms with Crippen molar-refractivity contribution in [1.82, 2.24) is 4.72 Å². The molecular weight excluding hydrogens is 388 g/mol. The van der Waals surface area contributed by atoms with E-state index in [1.54, 1.807) is 20.8 Å². The minimum absolute atomic E-state index is 0.0121. The molecule has 1 heterocycles. The fraction of sp³-hybridized carbons (Fsp3) is 0.667. The van der Waals surface area contributed by atoms with Gasteiger partial charge < -0.3 is 16.0 Å². The van der Waals surface area contributed by atoms with Crippen LogP contribution in [0.4, 0.5) is 11.4 Å². The van der Waals surface area contributed by atoms with Crippen LogP contribution in [0.5, 0.6) is 0 Å². The highest BCUT2D eigenvalue weighted by molar-refractivity contribution is 7.90. The second kappa shape index (κ2) is 8.62. The first-order valence-electron chi connectivity index (χ1n) is 10.5. The van der Waals surface area contributed by atoms with E-state index in [2.05, 4.69) is 14.9 Å². The summed E-state index contributed by atoms with van der Waals surface area (Å²) in [5.41, 5.74) is 7.89. The minimum atomic E-state index is -3.36. The fourth-order valence-electron chi connectivity index (χ4n) is 3.89. The highest BCUT2D eigenvalue weighted by Gasteiger charge is 2.34. The van der Waals surface area contributed by atoms with E-state index < -0.39 is 14.8 Å². The molecule has 29 heavy (non-hydrogen) atoms. The van der Waals surface area contributed by atoms with E-state index >= 15 is 0 Å². The maximum Gasteiger partial charge on any atom is 0.227 e. The Morgan fingerprint density at radius 3 is 2.21 bits per heavy atom. The summed E-state index contributed by atoms with van der Waals surface area (Å²) in [5, 5.41) is 3.00. The van der Waals surface area contributed by atoms with Gasteiger partial charge in [0.15, 0.2) is 0 Å². The van der Waals surface area contributed by atoms with Crippen molar-refractivity contribution in [2.75, 3.05) is 23.3 Å². The quantitative estimate of drug-likeness (QED) is 0.676. The van der Waals surface area contributed by atoms with Crippen LogP contribution in [0.2, 0.25) is 0 Å². The monoisotopic (exact) mass is 422 g/mol. The van der Waals surface area contributed by atoms with E-state index in [1.165, 1.54) is 0 Å². The number of nitrogens with one attached hydrogen (secondary N) is 2. The van der Waals surface area contributed by atoms with E-state index in [4.69, 9.17) is 5.73 Å². The van der Waals surface area contributed by atoms with Crippen LogP contribution in [0.25, 0.3) is 0 Å². The normalized spacial score (nSPS) is 25.8. The molecule has 1 aliphatic heterocycles. The molecule has 1 saturated carbocycles. The molecule has 1 saturated heterocycles. The lowest BCUT2D eigenvalue weighted by molar-refractivity contribution is -0.120. The summed E-state index contributed by atoms with van der Waals surface area (Å²) in [4.78, 5) is 14.9. The van der Waals surface area contributed by atoms with Crippen LogP contribution >= 0.6 is 0 Å². The van der Waals surface area contributed by atoms with E-state index in [1.807, 2.05) is 24.3 Å². The van der Waals surface area contributed by atoms with Crippen LogP contribution in [0.15, 0.2) is 24.3 Å². The Balaban J connectivity index is 1.48. The van der Waals surface area contributed by atoms with E-state index in [0.717, 1.165) is 30.9 Å². The number of nitrogens with zero attached hydrogens (tertiary/aromatic N) is 1. The molecule has 1 aromatic carbocycles. The number of carbonyl (C=O) groups excluding carboxylic acids is 1. The van der Waals surface area contributed by atoms with Gasteiger partial charge in [-0.05, 0) is 77.1 Å². The summed E-state index contributed by atoms with van der Waals surface area (Å²) in [7, 11) is -3.36. The molecule has 0 unspecified atom stereocenters. The van der Waals surface area contributed by atoms with E-state index in [9.17, 15) is 13.2 Å². The van der Waals surface area contributed by atoms with Gasteiger partial charge in [-0.3, -0.25) is 4.79 Å². The Labute approximate surface area is 174 Å². The molecule has 1 atom stereocenters. The van der Waals surface area contributed by atoms with Gasteiger partial charge in [0.25, 0.3) is 0 Å². The SMILES string of the molecule is CC(C)(C)S(=O)(=O)NC1CCC(C(=O)Nc2ccc(N3CC[C@H](N)C3)cc2)CC1. The van der Waals surface area contributed by atoms with E-state index in [-0.39, 0.29) is 23.9 Å². The largest absolute Gasteiger partial charge is 0.370 e. The van der Waals surface area contributed by atoms with Crippen molar-refractivity contribution < 1.29 is 13.2 Å². The Morgan fingerprint density at radius 1 is 1.07 bits per heavy atom. The summed E-state index contributed by atoms with van der Waals surface area (Å²) < 4.78 is 26.6. The molecule has 2 fully saturated rings. The highest BCUT2D eigenvalue weighted by atomic mass is 32.2. The number of hydrogen-bond donors (Lipinski definition) is 3. The van der Waals surface area contributed by atoms with Gasteiger partial charge in [-0.15, -0.1) is 0 Å². The topological polar surface area (TPSA) is 105 Å². The van der Waals surface area contributed by atoms with Gasteiger partial charge in [-0.1, -0.05) is 0 Å².